The van der Waals surface area contributed by atoms with E-state index in [1.54, 1.807) is 0 Å². The number of hydrogen-bond donors (Lipinski definition) is 2. The minimum atomic E-state index is 0.640. The van der Waals surface area contributed by atoms with Crippen molar-refractivity contribution in [3.63, 3.8) is 0 Å². The Kier molecular flexibility index (Phi) is 11.2. The summed E-state index contributed by atoms with van der Waals surface area (Å²) in [6, 6.07) is 40.8. The van der Waals surface area contributed by atoms with Crippen LogP contribution in [-0.4, -0.2) is 0 Å². The van der Waals surface area contributed by atoms with Crippen LogP contribution in [0.25, 0.3) is 0 Å². The minimum absolute atomic E-state index is 0.640. The summed E-state index contributed by atoms with van der Waals surface area (Å²) in [6.45, 7) is 1.52. The third kappa shape index (κ3) is 10.5. The maximum atomic E-state index is 5.35. The smallest absolute Gasteiger partial charge is 0.0400 e. The van der Waals surface area contributed by atoms with Gasteiger partial charge < -0.3 is 11.1 Å². The summed E-state index contributed by atoms with van der Waals surface area (Å²) in [5, 5.41) is 3.36. The van der Waals surface area contributed by atoms with Crippen LogP contribution < -0.4 is 11.1 Å². The van der Waals surface area contributed by atoms with Crippen LogP contribution in [0, 0.1) is 3.57 Å². The van der Waals surface area contributed by atoms with E-state index in [1.165, 1.54) is 14.7 Å². The quantitative estimate of drug-likeness (QED) is 0.309. The maximum absolute atomic E-state index is 5.35. The van der Waals surface area contributed by atoms with Gasteiger partial charge in [-0.3, -0.25) is 0 Å². The van der Waals surface area contributed by atoms with Gasteiger partial charge in [0.15, 0.2) is 0 Å². The first-order valence-corrected chi connectivity index (χ1v) is 10.6. The fourth-order valence-electron chi connectivity index (χ4n) is 2.38. The summed E-state index contributed by atoms with van der Waals surface area (Å²) in [5.41, 5.74) is 9.00. The van der Waals surface area contributed by atoms with Gasteiger partial charge in [-0.15, -0.1) is 0 Å². The fourth-order valence-corrected chi connectivity index (χ4v) is 2.80. The molecule has 148 valence electrons. The molecule has 0 fully saturated rings. The zero-order valence-corrected chi connectivity index (χ0v) is 18.6. The number of nitrogens with one attached hydrogen (secondary N) is 1. The Morgan fingerprint density at radius 3 is 1.34 bits per heavy atom. The molecule has 0 saturated carbocycles. The van der Waals surface area contributed by atoms with Crippen molar-refractivity contribution in [2.45, 2.75) is 13.1 Å². The van der Waals surface area contributed by atoms with E-state index in [9.17, 15) is 0 Å². The van der Waals surface area contributed by atoms with E-state index in [2.05, 4.69) is 76.4 Å². The molecule has 2 nitrogen and oxygen atoms in total. The molecule has 0 amide bonds. The Morgan fingerprint density at radius 2 is 0.966 bits per heavy atom. The number of halogens is 1. The second-order valence-electron chi connectivity index (χ2n) is 6.19. The van der Waals surface area contributed by atoms with E-state index in [1.807, 2.05) is 72.8 Å². The van der Waals surface area contributed by atoms with Crippen LogP contribution in [0.2, 0.25) is 0 Å². The first-order chi connectivity index (χ1) is 14.3. The Hall–Kier alpha value is -2.63. The van der Waals surface area contributed by atoms with Gasteiger partial charge in [-0.2, -0.15) is 0 Å². The molecular weight excluding hydrogens is 467 g/mol. The summed E-state index contributed by atoms with van der Waals surface area (Å²) in [5.74, 6) is 0. The molecule has 4 aromatic carbocycles. The lowest BCUT2D eigenvalue weighted by Gasteiger charge is -2.05. The summed E-state index contributed by atoms with van der Waals surface area (Å²) >= 11 is 2.28. The van der Waals surface area contributed by atoms with Gasteiger partial charge in [0.25, 0.3) is 0 Å². The van der Waals surface area contributed by atoms with Crippen molar-refractivity contribution >= 4 is 28.3 Å². The molecule has 3 heteroatoms. The van der Waals surface area contributed by atoms with Crippen LogP contribution in [0.4, 0.5) is 5.69 Å². The van der Waals surface area contributed by atoms with Crippen molar-refractivity contribution in [2.24, 2.45) is 5.73 Å². The summed E-state index contributed by atoms with van der Waals surface area (Å²) in [4.78, 5) is 0. The van der Waals surface area contributed by atoms with Crippen molar-refractivity contribution in [3.8, 4) is 0 Å². The molecule has 3 N–H and O–H groups in total. The van der Waals surface area contributed by atoms with Gasteiger partial charge in [0.1, 0.15) is 0 Å². The minimum Gasteiger partial charge on any atom is -0.381 e. The normalized spacial score (nSPS) is 9.31. The topological polar surface area (TPSA) is 38.0 Å². The molecule has 0 spiro atoms. The second kappa shape index (κ2) is 14.4. The Morgan fingerprint density at radius 1 is 0.552 bits per heavy atom. The molecule has 0 unspecified atom stereocenters. The molecule has 4 rings (SSSR count). The molecule has 0 aliphatic carbocycles. The van der Waals surface area contributed by atoms with Crippen LogP contribution in [0.3, 0.4) is 0 Å². The average molecular weight is 494 g/mol. The van der Waals surface area contributed by atoms with E-state index in [4.69, 9.17) is 5.73 Å². The molecule has 0 aliphatic rings. The predicted molar refractivity (Wildman–Crippen MR) is 134 cm³/mol. The second-order valence-corrected chi connectivity index (χ2v) is 7.44. The number of nitrogens with two attached hydrogens (primary N) is 1. The van der Waals surface area contributed by atoms with Crippen molar-refractivity contribution in [2.75, 3.05) is 5.32 Å². The number of anilines is 1. The summed E-state index contributed by atoms with van der Waals surface area (Å²) in [7, 11) is 0. The SMILES string of the molecule is Ic1ccccc1.NCc1ccccc1.c1ccc(CNc2ccccc2)cc1. The van der Waals surface area contributed by atoms with Crippen molar-refractivity contribution < 1.29 is 0 Å². The third-order valence-electron chi connectivity index (χ3n) is 3.92. The van der Waals surface area contributed by atoms with Gasteiger partial charge in [-0.1, -0.05) is 97.1 Å². The van der Waals surface area contributed by atoms with Crippen molar-refractivity contribution in [1.82, 2.24) is 0 Å². The standard InChI is InChI=1S/C13H13N.C7H9N.C6H5I/c1-3-7-12(8-4-1)11-14-13-9-5-2-6-10-13;8-6-7-4-2-1-3-5-7;7-6-4-2-1-3-5-6/h1-10,14H,11H2;1-5H,6,8H2;1-5H. The van der Waals surface area contributed by atoms with Crippen LogP contribution in [0.5, 0.6) is 0 Å². The van der Waals surface area contributed by atoms with Gasteiger partial charge in [-0.05, 0) is 58.0 Å². The van der Waals surface area contributed by atoms with Gasteiger partial charge in [0.2, 0.25) is 0 Å². The van der Waals surface area contributed by atoms with Gasteiger partial charge in [-0.25, -0.2) is 0 Å². The Bertz CT molecular complexity index is 843. The van der Waals surface area contributed by atoms with E-state index in [0.717, 1.165) is 12.2 Å². The lowest BCUT2D eigenvalue weighted by atomic mass is 10.2. The van der Waals surface area contributed by atoms with Crippen LogP contribution in [-0.2, 0) is 13.1 Å². The van der Waals surface area contributed by atoms with Gasteiger partial charge in [0, 0.05) is 22.3 Å². The molecule has 4 aromatic rings. The van der Waals surface area contributed by atoms with E-state index in [0.29, 0.717) is 6.54 Å². The zero-order valence-electron chi connectivity index (χ0n) is 16.4. The number of para-hydroxylation sites is 1. The number of rotatable bonds is 4. The number of benzene rings is 4. The van der Waals surface area contributed by atoms with E-state index >= 15 is 0 Å². The largest absolute Gasteiger partial charge is 0.381 e. The first-order valence-electron chi connectivity index (χ1n) is 9.55. The highest BCUT2D eigenvalue weighted by Crippen LogP contribution is 2.07. The Labute approximate surface area is 187 Å². The fraction of sp³-hybridized carbons (Fsp3) is 0.0769. The maximum Gasteiger partial charge on any atom is 0.0400 e. The molecule has 0 aliphatic heterocycles. The zero-order chi connectivity index (χ0) is 20.6. The highest BCUT2D eigenvalue weighted by molar-refractivity contribution is 14.1. The van der Waals surface area contributed by atoms with Crippen LogP contribution >= 0.6 is 22.6 Å². The van der Waals surface area contributed by atoms with Gasteiger partial charge in [0.05, 0.1) is 0 Å². The molecule has 0 heterocycles. The molecule has 29 heavy (non-hydrogen) atoms. The Balaban J connectivity index is 0.000000170. The number of hydrogen-bond acceptors (Lipinski definition) is 2. The van der Waals surface area contributed by atoms with Crippen LogP contribution in [0.1, 0.15) is 11.1 Å². The molecule has 0 saturated heterocycles. The van der Waals surface area contributed by atoms with E-state index in [-0.39, 0.29) is 0 Å². The highest BCUT2D eigenvalue weighted by atomic mass is 127. The first kappa shape index (κ1) is 22.7. The average Bonchev–Trinajstić information content (AvgIpc) is 2.81. The lowest BCUT2D eigenvalue weighted by Crippen LogP contribution is -1.98. The van der Waals surface area contributed by atoms with Crippen molar-refractivity contribution in [1.29, 1.82) is 0 Å². The van der Waals surface area contributed by atoms with Crippen molar-refractivity contribution in [3.05, 3.63) is 136 Å². The highest BCUT2D eigenvalue weighted by Gasteiger charge is 1.90. The third-order valence-corrected chi connectivity index (χ3v) is 4.64. The monoisotopic (exact) mass is 494 g/mol. The molecular formula is C26H27IN2. The molecule has 0 bridgehead atoms. The molecule has 0 atom stereocenters. The lowest BCUT2D eigenvalue weighted by molar-refractivity contribution is 1.07. The molecule has 0 radical (unpaired) electrons. The summed E-state index contributed by atoms with van der Waals surface area (Å²) < 4.78 is 1.29. The summed E-state index contributed by atoms with van der Waals surface area (Å²) in [6.07, 6.45) is 0. The molecule has 0 aromatic heterocycles. The van der Waals surface area contributed by atoms with Gasteiger partial charge >= 0.3 is 0 Å². The van der Waals surface area contributed by atoms with Crippen LogP contribution in [0.15, 0.2) is 121 Å². The predicted octanol–water partition coefficient (Wildman–Crippen LogP) is 6.74. The van der Waals surface area contributed by atoms with E-state index < -0.39 is 0 Å².